The van der Waals surface area contributed by atoms with Crippen molar-refractivity contribution in [2.45, 2.75) is 71.4 Å². The van der Waals surface area contributed by atoms with E-state index in [0.29, 0.717) is 31.0 Å². The number of rotatable bonds is 14. The molecule has 36 heavy (non-hydrogen) atoms. The third kappa shape index (κ3) is 8.11. The summed E-state index contributed by atoms with van der Waals surface area (Å²) in [4.78, 5) is 2.52. The molecule has 0 saturated carbocycles. The first-order valence-electron chi connectivity index (χ1n) is 13.4. The van der Waals surface area contributed by atoms with Crippen LogP contribution in [0, 0.1) is 0 Å². The number of hydrogen-bond acceptors (Lipinski definition) is 4. The summed E-state index contributed by atoms with van der Waals surface area (Å²) >= 11 is 0. The summed E-state index contributed by atoms with van der Waals surface area (Å²) in [5.74, 6) is 1.42. The van der Waals surface area contributed by atoms with Crippen molar-refractivity contribution in [1.82, 2.24) is 4.90 Å². The molecular formula is C32H44N2O2. The molecule has 0 aromatic heterocycles. The second-order valence-electron chi connectivity index (χ2n) is 10.2. The Morgan fingerprint density at radius 2 is 1.50 bits per heavy atom. The van der Waals surface area contributed by atoms with Crippen LogP contribution >= 0.6 is 0 Å². The van der Waals surface area contributed by atoms with Gasteiger partial charge in [0.25, 0.3) is 0 Å². The van der Waals surface area contributed by atoms with Crippen LogP contribution in [0.1, 0.15) is 68.7 Å². The van der Waals surface area contributed by atoms with Gasteiger partial charge in [-0.2, -0.15) is 0 Å². The highest BCUT2D eigenvalue weighted by atomic mass is 16.5. The van der Waals surface area contributed by atoms with Gasteiger partial charge in [0.05, 0.1) is 6.61 Å². The van der Waals surface area contributed by atoms with Crippen molar-refractivity contribution in [2.24, 2.45) is 5.73 Å². The number of nitrogens with zero attached hydrogens (tertiary/aromatic N) is 1. The third-order valence-electron chi connectivity index (χ3n) is 6.91. The zero-order valence-electron chi connectivity index (χ0n) is 22.5. The van der Waals surface area contributed by atoms with Crippen LogP contribution < -0.4 is 10.5 Å². The van der Waals surface area contributed by atoms with E-state index in [1.165, 1.54) is 16.7 Å². The molecule has 4 heteroatoms. The van der Waals surface area contributed by atoms with E-state index in [9.17, 15) is 5.11 Å². The zero-order chi connectivity index (χ0) is 25.9. The Kier molecular flexibility index (Phi) is 10.8. The minimum atomic E-state index is 0.148. The lowest BCUT2D eigenvalue weighted by atomic mass is 9.86. The normalized spacial score (nSPS) is 12.4. The monoisotopic (exact) mass is 488 g/mol. The topological polar surface area (TPSA) is 58.7 Å². The highest BCUT2D eigenvalue weighted by molar-refractivity contribution is 5.44. The van der Waals surface area contributed by atoms with Crippen molar-refractivity contribution in [3.8, 4) is 11.5 Å². The molecule has 0 amide bonds. The van der Waals surface area contributed by atoms with Crippen molar-refractivity contribution in [3.63, 3.8) is 0 Å². The van der Waals surface area contributed by atoms with E-state index in [-0.39, 0.29) is 5.92 Å². The van der Waals surface area contributed by atoms with E-state index in [1.807, 2.05) is 24.3 Å². The van der Waals surface area contributed by atoms with Crippen LogP contribution in [-0.2, 0) is 12.8 Å². The number of hydrogen-bond donors (Lipinski definition) is 2. The molecule has 0 bridgehead atoms. The Balaban J connectivity index is 1.68. The van der Waals surface area contributed by atoms with Crippen LogP contribution in [0.15, 0.2) is 72.8 Å². The van der Waals surface area contributed by atoms with Gasteiger partial charge in [0.1, 0.15) is 11.5 Å². The Morgan fingerprint density at radius 1 is 0.833 bits per heavy atom. The maximum Gasteiger partial charge on any atom is 0.119 e. The van der Waals surface area contributed by atoms with Crippen LogP contribution in [-0.4, -0.2) is 41.8 Å². The molecule has 1 unspecified atom stereocenters. The molecule has 3 aromatic carbocycles. The maximum absolute atomic E-state index is 10.9. The first kappa shape index (κ1) is 27.8. The summed E-state index contributed by atoms with van der Waals surface area (Å²) in [7, 11) is 0. The van der Waals surface area contributed by atoms with Crippen LogP contribution in [0.5, 0.6) is 11.5 Å². The largest absolute Gasteiger partial charge is 0.508 e. The summed E-state index contributed by atoms with van der Waals surface area (Å²) in [6.07, 6.45) is 3.67. The van der Waals surface area contributed by atoms with E-state index < -0.39 is 0 Å². The molecule has 4 nitrogen and oxygen atoms in total. The fourth-order valence-electron chi connectivity index (χ4n) is 5.00. The minimum absolute atomic E-state index is 0.148. The Hall–Kier alpha value is -2.82. The lowest BCUT2D eigenvalue weighted by Crippen LogP contribution is -2.38. The lowest BCUT2D eigenvalue weighted by molar-refractivity contribution is 0.170. The molecule has 194 valence electrons. The van der Waals surface area contributed by atoms with E-state index in [4.69, 9.17) is 10.5 Å². The molecule has 0 aliphatic heterocycles. The van der Waals surface area contributed by atoms with Crippen molar-refractivity contribution >= 4 is 0 Å². The number of phenolic OH excluding ortho intramolecular Hbond substituents is 1. The van der Waals surface area contributed by atoms with Crippen LogP contribution in [0.4, 0.5) is 0 Å². The molecule has 0 radical (unpaired) electrons. The summed E-state index contributed by atoms with van der Waals surface area (Å²) in [5, 5.41) is 10.9. The molecule has 0 spiro atoms. The first-order valence-corrected chi connectivity index (χ1v) is 13.4. The standard InChI is InChI=1S/C32H44N2O2/c1-24(2)34(25(3)4)21-19-30(28-10-6-5-7-11-28)31-23-27(14-17-32(31)35)9-8-22-36-29-15-12-26(13-16-29)18-20-33/h5-7,10-17,23-25,30,35H,8-9,18-22,33H2,1-4H3. The molecule has 0 saturated heterocycles. The van der Waals surface area contributed by atoms with Crippen LogP contribution in [0.2, 0.25) is 0 Å². The number of aryl methyl sites for hydroxylation is 1. The Labute approximate surface area is 218 Å². The summed E-state index contributed by atoms with van der Waals surface area (Å²) < 4.78 is 5.96. The molecule has 0 aliphatic carbocycles. The lowest BCUT2D eigenvalue weighted by Gasteiger charge is -2.32. The third-order valence-corrected chi connectivity index (χ3v) is 6.91. The molecule has 0 heterocycles. The van der Waals surface area contributed by atoms with Gasteiger partial charge in [-0.15, -0.1) is 0 Å². The van der Waals surface area contributed by atoms with E-state index in [0.717, 1.165) is 43.5 Å². The predicted molar refractivity (Wildman–Crippen MR) is 151 cm³/mol. The molecule has 1 atom stereocenters. The molecule has 0 aliphatic rings. The molecule has 0 fully saturated rings. The summed E-state index contributed by atoms with van der Waals surface area (Å²) in [6.45, 7) is 11.3. The highest BCUT2D eigenvalue weighted by Crippen LogP contribution is 2.35. The van der Waals surface area contributed by atoms with Gasteiger partial charge in [0, 0.05) is 23.6 Å². The van der Waals surface area contributed by atoms with Gasteiger partial charge in [0.2, 0.25) is 0 Å². The van der Waals surface area contributed by atoms with Gasteiger partial charge in [-0.05, 0) is 101 Å². The minimum Gasteiger partial charge on any atom is -0.508 e. The summed E-state index contributed by atoms with van der Waals surface area (Å²) in [6, 6.07) is 25.9. The second kappa shape index (κ2) is 14.1. The number of ether oxygens (including phenoxy) is 1. The van der Waals surface area contributed by atoms with E-state index in [2.05, 4.69) is 81.1 Å². The van der Waals surface area contributed by atoms with E-state index in [1.54, 1.807) is 0 Å². The predicted octanol–water partition coefficient (Wildman–Crippen LogP) is 6.55. The Bertz CT molecular complexity index is 1020. The van der Waals surface area contributed by atoms with Crippen molar-refractivity contribution in [1.29, 1.82) is 0 Å². The van der Waals surface area contributed by atoms with Crippen LogP contribution in [0.25, 0.3) is 0 Å². The van der Waals surface area contributed by atoms with Gasteiger partial charge in [0.15, 0.2) is 0 Å². The number of nitrogens with two attached hydrogens (primary N) is 1. The quantitative estimate of drug-likeness (QED) is 0.253. The number of phenols is 1. The van der Waals surface area contributed by atoms with Gasteiger partial charge in [-0.25, -0.2) is 0 Å². The maximum atomic E-state index is 10.9. The summed E-state index contributed by atoms with van der Waals surface area (Å²) in [5.41, 5.74) is 10.4. The van der Waals surface area contributed by atoms with Crippen molar-refractivity contribution in [2.75, 3.05) is 19.7 Å². The highest BCUT2D eigenvalue weighted by Gasteiger charge is 2.21. The van der Waals surface area contributed by atoms with Gasteiger partial charge >= 0.3 is 0 Å². The van der Waals surface area contributed by atoms with Crippen molar-refractivity contribution in [3.05, 3.63) is 95.1 Å². The second-order valence-corrected chi connectivity index (χ2v) is 10.2. The van der Waals surface area contributed by atoms with Gasteiger partial charge < -0.3 is 15.6 Å². The molecular weight excluding hydrogens is 444 g/mol. The van der Waals surface area contributed by atoms with Crippen molar-refractivity contribution < 1.29 is 9.84 Å². The smallest absolute Gasteiger partial charge is 0.119 e. The Morgan fingerprint density at radius 3 is 2.14 bits per heavy atom. The van der Waals surface area contributed by atoms with Crippen LogP contribution in [0.3, 0.4) is 0 Å². The first-order chi connectivity index (χ1) is 17.4. The average Bonchev–Trinajstić information content (AvgIpc) is 2.87. The van der Waals surface area contributed by atoms with Gasteiger partial charge in [-0.1, -0.05) is 54.6 Å². The molecule has 3 N–H and O–H groups in total. The number of benzene rings is 3. The van der Waals surface area contributed by atoms with Gasteiger partial charge in [-0.3, -0.25) is 4.90 Å². The number of aromatic hydroxyl groups is 1. The molecule has 3 aromatic rings. The fourth-order valence-corrected chi connectivity index (χ4v) is 5.00. The SMILES string of the molecule is CC(C)N(CCC(c1ccccc1)c1cc(CCCOc2ccc(CCN)cc2)ccc1O)C(C)C. The molecule has 3 rings (SSSR count). The zero-order valence-corrected chi connectivity index (χ0v) is 22.5. The van der Waals surface area contributed by atoms with E-state index >= 15 is 0 Å². The fraction of sp³-hybridized carbons (Fsp3) is 0.438. The average molecular weight is 489 g/mol.